The van der Waals surface area contributed by atoms with Crippen molar-refractivity contribution in [2.24, 2.45) is 0 Å². The Morgan fingerprint density at radius 2 is 1.65 bits per heavy atom. The molecule has 1 atom stereocenters. The summed E-state index contributed by atoms with van der Waals surface area (Å²) in [6.45, 7) is 9.41. The summed E-state index contributed by atoms with van der Waals surface area (Å²) in [4.78, 5) is 34.6. The van der Waals surface area contributed by atoms with Crippen molar-refractivity contribution in [1.82, 2.24) is 15.1 Å². The van der Waals surface area contributed by atoms with Gasteiger partial charge in [-0.25, -0.2) is 14.4 Å². The number of nitrogens with zero attached hydrogens (tertiary/aromatic N) is 2. The number of hydrogen-bond donors (Lipinski definition) is 3. The van der Waals surface area contributed by atoms with Crippen LogP contribution in [-0.2, 0) is 9.53 Å². The second-order valence-electron chi connectivity index (χ2n) is 6.13. The number of nitrogens with one attached hydrogen (secondary N) is 1. The van der Waals surface area contributed by atoms with Crippen LogP contribution in [-0.4, -0.2) is 83.0 Å². The zero-order chi connectivity index (χ0) is 18.2. The molecule has 0 saturated carbocycles. The Bertz CT molecular complexity index is 415. The molecule has 1 saturated heterocycles. The topological polar surface area (TPSA) is 119 Å². The van der Waals surface area contributed by atoms with Gasteiger partial charge >= 0.3 is 18.2 Å². The summed E-state index contributed by atoms with van der Waals surface area (Å²) >= 11 is 0. The van der Waals surface area contributed by atoms with Crippen molar-refractivity contribution in [3.63, 3.8) is 0 Å². The second-order valence-corrected chi connectivity index (χ2v) is 6.13. The highest BCUT2D eigenvalue weighted by atomic mass is 16.6. The van der Waals surface area contributed by atoms with E-state index in [-0.39, 0.29) is 0 Å². The number of likely N-dealkylation sites (N-methyl/N-ethyl adjacent to an activating group) is 1. The maximum absolute atomic E-state index is 11.3. The summed E-state index contributed by atoms with van der Waals surface area (Å²) in [7, 11) is 1.40. The first-order valence-corrected chi connectivity index (χ1v) is 7.33. The summed E-state index contributed by atoms with van der Waals surface area (Å²) in [5, 5.41) is 20.2. The van der Waals surface area contributed by atoms with Gasteiger partial charge in [-0.05, 0) is 27.7 Å². The van der Waals surface area contributed by atoms with Gasteiger partial charge in [0.15, 0.2) is 0 Å². The Labute approximate surface area is 136 Å². The zero-order valence-corrected chi connectivity index (χ0v) is 14.3. The summed E-state index contributed by atoms with van der Waals surface area (Å²) in [6.07, 6.45) is -1.44. The van der Waals surface area contributed by atoms with Crippen molar-refractivity contribution < 1.29 is 29.3 Å². The lowest BCUT2D eigenvalue weighted by Gasteiger charge is -2.26. The average Bonchev–Trinajstić information content (AvgIpc) is 2.45. The van der Waals surface area contributed by atoms with E-state index in [9.17, 15) is 14.4 Å². The first kappa shape index (κ1) is 21.0. The van der Waals surface area contributed by atoms with E-state index in [0.717, 1.165) is 18.0 Å². The lowest BCUT2D eigenvalue weighted by atomic mass is 10.2. The van der Waals surface area contributed by atoms with Gasteiger partial charge in [-0.3, -0.25) is 4.90 Å². The Morgan fingerprint density at radius 3 is 1.96 bits per heavy atom. The highest BCUT2D eigenvalue weighted by Gasteiger charge is 2.26. The number of hydrogen-bond acceptors (Lipinski definition) is 5. The molecule has 0 bridgehead atoms. The van der Waals surface area contributed by atoms with E-state index >= 15 is 0 Å². The number of carbonyl (C=O) groups is 3. The molecular formula is C14H27N3O6. The van der Waals surface area contributed by atoms with E-state index in [0.29, 0.717) is 13.1 Å². The monoisotopic (exact) mass is 333 g/mol. The van der Waals surface area contributed by atoms with E-state index in [1.54, 1.807) is 20.8 Å². The Morgan fingerprint density at radius 1 is 1.17 bits per heavy atom. The van der Waals surface area contributed by atoms with Crippen LogP contribution in [0.4, 0.5) is 9.59 Å². The molecule has 0 radical (unpaired) electrons. The molecule has 1 aliphatic rings. The molecule has 0 aromatic carbocycles. The summed E-state index contributed by atoms with van der Waals surface area (Å²) in [5.74, 6) is -1.06. The van der Waals surface area contributed by atoms with Gasteiger partial charge in [0.05, 0.1) is 0 Å². The van der Waals surface area contributed by atoms with E-state index in [4.69, 9.17) is 14.9 Å². The highest BCUT2D eigenvalue weighted by molar-refractivity contribution is 5.79. The molecule has 1 heterocycles. The molecule has 0 aromatic heterocycles. The minimum atomic E-state index is -1.06. The highest BCUT2D eigenvalue weighted by Crippen LogP contribution is 2.10. The molecule has 3 N–H and O–H groups in total. The Kier molecular flexibility index (Phi) is 8.38. The standard InChI is InChI=1S/C9H17NO4.C5H10N2O2/c1-6(7(11)12)10(5)8(13)14-9(2,3)4;8-5(9)7-3-1-6-2-4-7/h6H,1-5H3,(H,11,12);6H,1-4H2,(H,8,9)/t6-;/m0./s1. The smallest absolute Gasteiger partial charge is 0.410 e. The third-order valence-corrected chi connectivity index (χ3v) is 3.01. The SMILES string of the molecule is C[C@@H](C(=O)O)N(C)C(=O)OC(C)(C)C.O=C(O)N1CCNCC1. The number of aliphatic carboxylic acids is 1. The fourth-order valence-electron chi connectivity index (χ4n) is 1.51. The summed E-state index contributed by atoms with van der Waals surface area (Å²) in [5.41, 5.74) is -0.608. The zero-order valence-electron chi connectivity index (χ0n) is 14.3. The van der Waals surface area contributed by atoms with Crippen molar-refractivity contribution in [3.05, 3.63) is 0 Å². The predicted molar refractivity (Wildman–Crippen MR) is 83.6 cm³/mol. The molecule has 2 amide bonds. The third kappa shape index (κ3) is 8.87. The van der Waals surface area contributed by atoms with Gasteiger partial charge in [-0.15, -0.1) is 0 Å². The maximum atomic E-state index is 11.3. The summed E-state index contributed by atoms with van der Waals surface area (Å²) < 4.78 is 4.99. The number of piperazine rings is 1. The molecule has 1 rings (SSSR count). The normalized spacial score (nSPS) is 15.8. The van der Waals surface area contributed by atoms with Crippen LogP contribution in [0.3, 0.4) is 0 Å². The first-order chi connectivity index (χ1) is 10.5. The van der Waals surface area contributed by atoms with Crippen molar-refractivity contribution >= 4 is 18.2 Å². The average molecular weight is 333 g/mol. The van der Waals surface area contributed by atoms with Gasteiger partial charge in [-0.2, -0.15) is 0 Å². The van der Waals surface area contributed by atoms with Crippen molar-refractivity contribution in [3.8, 4) is 0 Å². The fraction of sp³-hybridized carbons (Fsp3) is 0.786. The van der Waals surface area contributed by atoms with Gasteiger partial charge in [-0.1, -0.05) is 0 Å². The molecular weight excluding hydrogens is 306 g/mol. The van der Waals surface area contributed by atoms with E-state index in [2.05, 4.69) is 5.32 Å². The second kappa shape index (κ2) is 9.19. The molecule has 23 heavy (non-hydrogen) atoms. The lowest BCUT2D eigenvalue weighted by Crippen LogP contribution is -2.45. The Balaban J connectivity index is 0.000000459. The van der Waals surface area contributed by atoms with Gasteiger partial charge in [0, 0.05) is 33.2 Å². The van der Waals surface area contributed by atoms with E-state index < -0.39 is 29.8 Å². The number of ether oxygens (including phenoxy) is 1. The van der Waals surface area contributed by atoms with Gasteiger partial charge < -0.3 is 25.2 Å². The lowest BCUT2D eigenvalue weighted by molar-refractivity contribution is -0.141. The van der Waals surface area contributed by atoms with Crippen LogP contribution in [0.15, 0.2) is 0 Å². The summed E-state index contributed by atoms with van der Waals surface area (Å²) in [6, 6.07) is -0.884. The van der Waals surface area contributed by atoms with Crippen LogP contribution >= 0.6 is 0 Å². The molecule has 9 nitrogen and oxygen atoms in total. The van der Waals surface area contributed by atoms with Crippen molar-refractivity contribution in [2.75, 3.05) is 33.2 Å². The molecule has 0 spiro atoms. The van der Waals surface area contributed by atoms with Crippen molar-refractivity contribution in [2.45, 2.75) is 39.3 Å². The molecule has 1 fully saturated rings. The number of carboxylic acids is 1. The molecule has 0 unspecified atom stereocenters. The number of carbonyl (C=O) groups excluding carboxylic acids is 1. The van der Waals surface area contributed by atoms with E-state index in [1.807, 2.05) is 0 Å². The van der Waals surface area contributed by atoms with Crippen molar-refractivity contribution in [1.29, 1.82) is 0 Å². The van der Waals surface area contributed by atoms with Crippen LogP contribution in [0.5, 0.6) is 0 Å². The predicted octanol–water partition coefficient (Wildman–Crippen LogP) is 0.896. The molecule has 0 aliphatic carbocycles. The quantitative estimate of drug-likeness (QED) is 0.686. The molecule has 9 heteroatoms. The number of carboxylic acid groups (broad SMARTS) is 2. The first-order valence-electron chi connectivity index (χ1n) is 7.33. The molecule has 0 aromatic rings. The fourth-order valence-corrected chi connectivity index (χ4v) is 1.51. The van der Waals surface area contributed by atoms with Crippen LogP contribution < -0.4 is 5.32 Å². The molecule has 134 valence electrons. The van der Waals surface area contributed by atoms with Gasteiger partial charge in [0.1, 0.15) is 11.6 Å². The third-order valence-electron chi connectivity index (χ3n) is 3.01. The number of rotatable bonds is 2. The van der Waals surface area contributed by atoms with Crippen LogP contribution in [0, 0.1) is 0 Å². The van der Waals surface area contributed by atoms with Crippen LogP contribution in [0.1, 0.15) is 27.7 Å². The Hall–Kier alpha value is -2.03. The minimum Gasteiger partial charge on any atom is -0.480 e. The maximum Gasteiger partial charge on any atom is 0.410 e. The molecule has 1 aliphatic heterocycles. The van der Waals surface area contributed by atoms with Crippen LogP contribution in [0.2, 0.25) is 0 Å². The van der Waals surface area contributed by atoms with E-state index in [1.165, 1.54) is 18.9 Å². The largest absolute Gasteiger partial charge is 0.480 e. The minimum absolute atomic E-state index is 0.608. The van der Waals surface area contributed by atoms with Gasteiger partial charge in [0.25, 0.3) is 0 Å². The van der Waals surface area contributed by atoms with Gasteiger partial charge in [0.2, 0.25) is 0 Å². The number of amides is 2. The van der Waals surface area contributed by atoms with Crippen LogP contribution in [0.25, 0.3) is 0 Å².